The second kappa shape index (κ2) is 15.8. The van der Waals surface area contributed by atoms with Gasteiger partial charge in [-0.1, -0.05) is 87.4 Å². The van der Waals surface area contributed by atoms with Crippen LogP contribution in [0.15, 0.2) is 73.1 Å². The Morgan fingerprint density at radius 2 is 1.97 bits per heavy atom. The molecule has 0 spiro atoms. The quantitative estimate of drug-likeness (QED) is 0.371. The van der Waals surface area contributed by atoms with Crippen LogP contribution >= 0.6 is 0 Å². The number of aryl methyl sites for hydroxylation is 1. The number of hydrogen-bond donors (Lipinski definition) is 1. The van der Waals surface area contributed by atoms with Crippen LogP contribution < -0.4 is 10.2 Å². The van der Waals surface area contributed by atoms with Crippen molar-refractivity contribution in [2.45, 2.75) is 66.3 Å². The lowest BCUT2D eigenvalue weighted by Crippen LogP contribution is -2.49. The molecule has 5 heteroatoms. The highest BCUT2D eigenvalue weighted by atomic mass is 19.1. The number of benzene rings is 1. The average Bonchev–Trinajstić information content (AvgIpc) is 2.87. The van der Waals surface area contributed by atoms with Crippen molar-refractivity contribution >= 4 is 11.4 Å². The van der Waals surface area contributed by atoms with Crippen LogP contribution in [0, 0.1) is 12.7 Å². The Morgan fingerprint density at radius 1 is 1.19 bits per heavy atom. The van der Waals surface area contributed by atoms with Crippen molar-refractivity contribution in [2.24, 2.45) is 0 Å². The number of piperazine rings is 1. The van der Waals surface area contributed by atoms with Crippen LogP contribution in [0.5, 0.6) is 0 Å². The first kappa shape index (κ1) is 29.2. The SMILES string of the molecule is C/C=C(/c1ccccc1F)c1c(C)ncnc1N1CCNC(C)C1.C=C(/C=C\C=C/CCC)CCC. The summed E-state index contributed by atoms with van der Waals surface area (Å²) in [7, 11) is 0. The van der Waals surface area contributed by atoms with Crippen molar-refractivity contribution in [3.63, 3.8) is 0 Å². The van der Waals surface area contributed by atoms with Gasteiger partial charge in [-0.2, -0.15) is 0 Å². The second-order valence-corrected chi connectivity index (χ2v) is 9.13. The molecule has 1 aromatic carbocycles. The second-order valence-electron chi connectivity index (χ2n) is 9.13. The highest BCUT2D eigenvalue weighted by molar-refractivity contribution is 5.86. The average molecular weight is 491 g/mol. The summed E-state index contributed by atoms with van der Waals surface area (Å²) >= 11 is 0. The number of anilines is 1. The Hall–Kier alpha value is -3.05. The molecular weight excluding hydrogens is 447 g/mol. The predicted octanol–water partition coefficient (Wildman–Crippen LogP) is 7.43. The molecule has 2 heterocycles. The normalized spacial score (nSPS) is 16.3. The summed E-state index contributed by atoms with van der Waals surface area (Å²) in [5.74, 6) is 0.653. The topological polar surface area (TPSA) is 41.1 Å². The summed E-state index contributed by atoms with van der Waals surface area (Å²) in [5, 5.41) is 3.44. The Labute approximate surface area is 217 Å². The minimum atomic E-state index is -0.228. The van der Waals surface area contributed by atoms with Gasteiger partial charge < -0.3 is 10.2 Å². The van der Waals surface area contributed by atoms with Gasteiger partial charge in [0.05, 0.1) is 5.69 Å². The van der Waals surface area contributed by atoms with E-state index in [9.17, 15) is 4.39 Å². The highest BCUT2D eigenvalue weighted by Gasteiger charge is 2.24. The van der Waals surface area contributed by atoms with E-state index < -0.39 is 0 Å². The fourth-order valence-electron chi connectivity index (χ4n) is 4.19. The van der Waals surface area contributed by atoms with Crippen molar-refractivity contribution in [1.82, 2.24) is 15.3 Å². The van der Waals surface area contributed by atoms with Gasteiger partial charge in [-0.25, -0.2) is 14.4 Å². The molecule has 1 fully saturated rings. The molecule has 0 bridgehead atoms. The third kappa shape index (κ3) is 8.87. The van der Waals surface area contributed by atoms with Gasteiger partial charge in [-0.15, -0.1) is 0 Å². The summed E-state index contributed by atoms with van der Waals surface area (Å²) in [6.45, 7) is 17.0. The lowest BCUT2D eigenvalue weighted by Gasteiger charge is -2.34. The number of allylic oxidation sites excluding steroid dienone is 6. The third-order valence-electron chi connectivity index (χ3n) is 6.01. The first-order valence-electron chi connectivity index (χ1n) is 13.1. The molecule has 0 saturated carbocycles. The van der Waals surface area contributed by atoms with E-state index in [-0.39, 0.29) is 5.82 Å². The van der Waals surface area contributed by atoms with Crippen LogP contribution in [0.1, 0.15) is 70.2 Å². The molecule has 1 aliphatic heterocycles. The van der Waals surface area contributed by atoms with Crippen LogP contribution in [0.25, 0.3) is 5.57 Å². The molecule has 2 aromatic rings. The van der Waals surface area contributed by atoms with Gasteiger partial charge in [0, 0.05) is 36.8 Å². The molecule has 194 valence electrons. The molecule has 1 aliphatic rings. The molecule has 1 aromatic heterocycles. The standard InChI is InChI=1S/C19H23FN4.C12H20/c1-4-15(16-7-5-6-8-17(16)20)18-14(3)22-12-23-19(18)24-10-9-21-13(2)11-24;1-4-6-7-8-9-11-12(3)10-5-2/h4-8,12-13,21H,9-11H2,1-3H3;7-9,11H,3-6,10H2,1-2H3/b15-4-;8-7-,11-9-. The summed E-state index contributed by atoms with van der Waals surface area (Å²) in [5.41, 5.74) is 4.43. The maximum Gasteiger partial charge on any atom is 0.140 e. The number of rotatable bonds is 9. The minimum absolute atomic E-state index is 0.228. The van der Waals surface area contributed by atoms with Gasteiger partial charge >= 0.3 is 0 Å². The zero-order valence-corrected chi connectivity index (χ0v) is 22.7. The summed E-state index contributed by atoms with van der Waals surface area (Å²) in [4.78, 5) is 11.2. The molecule has 1 unspecified atom stereocenters. The maximum atomic E-state index is 14.4. The Bertz CT molecular complexity index is 1050. The van der Waals surface area contributed by atoms with Crippen molar-refractivity contribution in [3.8, 4) is 0 Å². The van der Waals surface area contributed by atoms with Crippen LogP contribution in [-0.2, 0) is 0 Å². The summed E-state index contributed by atoms with van der Waals surface area (Å²) in [6, 6.07) is 7.25. The van der Waals surface area contributed by atoms with Crippen LogP contribution in [0.2, 0.25) is 0 Å². The Morgan fingerprint density at radius 3 is 2.64 bits per heavy atom. The molecule has 3 rings (SSSR count). The molecule has 0 aliphatic carbocycles. The predicted molar refractivity (Wildman–Crippen MR) is 153 cm³/mol. The Kier molecular flexibility index (Phi) is 12.8. The highest BCUT2D eigenvalue weighted by Crippen LogP contribution is 2.33. The molecule has 1 N–H and O–H groups in total. The van der Waals surface area contributed by atoms with Crippen molar-refractivity contribution in [2.75, 3.05) is 24.5 Å². The van der Waals surface area contributed by atoms with Crippen LogP contribution in [-0.4, -0.2) is 35.6 Å². The zero-order valence-electron chi connectivity index (χ0n) is 22.7. The molecule has 1 saturated heterocycles. The monoisotopic (exact) mass is 490 g/mol. The summed E-state index contributed by atoms with van der Waals surface area (Å²) in [6.07, 6.45) is 16.7. The number of nitrogens with one attached hydrogen (secondary N) is 1. The van der Waals surface area contributed by atoms with Crippen molar-refractivity contribution in [1.29, 1.82) is 0 Å². The maximum absolute atomic E-state index is 14.4. The van der Waals surface area contributed by atoms with E-state index in [0.29, 0.717) is 11.6 Å². The third-order valence-corrected chi connectivity index (χ3v) is 6.01. The van der Waals surface area contributed by atoms with Crippen LogP contribution in [0.3, 0.4) is 0 Å². The van der Waals surface area contributed by atoms with E-state index in [1.54, 1.807) is 18.5 Å². The fourth-order valence-corrected chi connectivity index (χ4v) is 4.19. The number of halogens is 1. The van der Waals surface area contributed by atoms with Gasteiger partial charge in [0.1, 0.15) is 18.0 Å². The van der Waals surface area contributed by atoms with Gasteiger partial charge in [0.15, 0.2) is 0 Å². The largest absolute Gasteiger partial charge is 0.353 e. The van der Waals surface area contributed by atoms with Gasteiger partial charge in [0.25, 0.3) is 0 Å². The van der Waals surface area contributed by atoms with E-state index in [1.807, 2.05) is 26.0 Å². The van der Waals surface area contributed by atoms with E-state index in [1.165, 1.54) is 30.9 Å². The van der Waals surface area contributed by atoms with Crippen molar-refractivity contribution < 1.29 is 4.39 Å². The number of unbranched alkanes of at least 4 members (excludes halogenated alkanes) is 1. The Balaban J connectivity index is 0.000000324. The molecule has 1 atom stereocenters. The van der Waals surface area contributed by atoms with Gasteiger partial charge in [0.2, 0.25) is 0 Å². The lowest BCUT2D eigenvalue weighted by molar-refractivity contribution is 0.482. The molecular formula is C31H43FN4. The molecule has 0 amide bonds. The molecule has 4 nitrogen and oxygen atoms in total. The number of aromatic nitrogens is 2. The smallest absolute Gasteiger partial charge is 0.140 e. The van der Waals surface area contributed by atoms with E-state index in [4.69, 9.17) is 0 Å². The summed E-state index contributed by atoms with van der Waals surface area (Å²) < 4.78 is 14.4. The first-order chi connectivity index (χ1) is 17.4. The number of nitrogens with zero attached hydrogens (tertiary/aromatic N) is 3. The zero-order chi connectivity index (χ0) is 26.3. The number of hydrogen-bond acceptors (Lipinski definition) is 4. The first-order valence-corrected chi connectivity index (χ1v) is 13.1. The van der Waals surface area contributed by atoms with E-state index in [0.717, 1.165) is 48.7 Å². The van der Waals surface area contributed by atoms with Crippen molar-refractivity contribution in [3.05, 3.63) is 95.8 Å². The fraction of sp³-hybridized carbons (Fsp3) is 0.419. The van der Waals surface area contributed by atoms with E-state index in [2.05, 4.69) is 71.8 Å². The van der Waals surface area contributed by atoms with Gasteiger partial charge in [-0.05, 0) is 45.3 Å². The molecule has 0 radical (unpaired) electrons. The molecule has 36 heavy (non-hydrogen) atoms. The van der Waals surface area contributed by atoms with Gasteiger partial charge in [-0.3, -0.25) is 0 Å². The lowest BCUT2D eigenvalue weighted by atomic mass is 9.95. The van der Waals surface area contributed by atoms with Crippen LogP contribution in [0.4, 0.5) is 10.2 Å². The van der Waals surface area contributed by atoms with E-state index >= 15 is 0 Å². The minimum Gasteiger partial charge on any atom is -0.353 e.